The van der Waals surface area contributed by atoms with Crippen LogP contribution in [0.4, 0.5) is 0 Å². The van der Waals surface area contributed by atoms with Crippen LogP contribution >= 0.6 is 0 Å². The van der Waals surface area contributed by atoms with Gasteiger partial charge in [-0.3, -0.25) is 0 Å². The van der Waals surface area contributed by atoms with E-state index >= 15 is 0 Å². The van der Waals surface area contributed by atoms with Gasteiger partial charge >= 0.3 is 0 Å². The van der Waals surface area contributed by atoms with E-state index in [0.29, 0.717) is 39.5 Å². The lowest BCUT2D eigenvalue weighted by atomic mass is 10.6. The van der Waals surface area contributed by atoms with Crippen LogP contribution in [-0.2, 0) is 9.47 Å². The highest BCUT2D eigenvalue weighted by Gasteiger charge is 1.88. The summed E-state index contributed by atoms with van der Waals surface area (Å²) in [6.07, 6.45) is 0. The molecule has 0 aliphatic rings. The molecule has 5 N–H and O–H groups in total. The van der Waals surface area contributed by atoms with Crippen molar-refractivity contribution in [1.29, 1.82) is 0 Å². The molecule has 13 heavy (non-hydrogen) atoms. The van der Waals surface area contributed by atoms with Gasteiger partial charge in [-0.05, 0) is 0 Å². The van der Waals surface area contributed by atoms with Crippen molar-refractivity contribution in [1.82, 2.24) is 5.32 Å². The number of hydrogen-bond acceptors (Lipinski definition) is 5. The van der Waals surface area contributed by atoms with Crippen LogP contribution in [0.2, 0.25) is 0 Å². The molecule has 0 unspecified atom stereocenters. The van der Waals surface area contributed by atoms with Gasteiger partial charge in [0.25, 0.3) is 0 Å². The molecule has 0 aromatic carbocycles. The zero-order valence-electron chi connectivity index (χ0n) is 8.13. The van der Waals surface area contributed by atoms with Crippen LogP contribution < -0.4 is 16.8 Å². The SMILES string of the molecule is NCCOCCNCCOCCN. The third kappa shape index (κ3) is 11.8. The summed E-state index contributed by atoms with van der Waals surface area (Å²) in [6.45, 7) is 5.51. The molecule has 0 aliphatic heterocycles. The maximum atomic E-state index is 5.25. The van der Waals surface area contributed by atoms with Crippen LogP contribution in [0.1, 0.15) is 0 Å². The van der Waals surface area contributed by atoms with E-state index in [1.165, 1.54) is 0 Å². The van der Waals surface area contributed by atoms with E-state index in [1.54, 1.807) is 0 Å². The molecular weight excluding hydrogens is 170 g/mol. The zero-order valence-corrected chi connectivity index (χ0v) is 8.13. The van der Waals surface area contributed by atoms with Crippen molar-refractivity contribution in [2.24, 2.45) is 11.5 Å². The highest BCUT2D eigenvalue weighted by Crippen LogP contribution is 1.72. The lowest BCUT2D eigenvalue weighted by molar-refractivity contribution is 0.128. The van der Waals surface area contributed by atoms with E-state index < -0.39 is 0 Å². The topological polar surface area (TPSA) is 82.5 Å². The fourth-order valence-electron chi connectivity index (χ4n) is 0.784. The lowest BCUT2D eigenvalue weighted by Crippen LogP contribution is -2.25. The number of hydrogen-bond donors (Lipinski definition) is 3. The predicted molar refractivity (Wildman–Crippen MR) is 52.6 cm³/mol. The Labute approximate surface area is 79.8 Å². The maximum Gasteiger partial charge on any atom is 0.0591 e. The second kappa shape index (κ2) is 11.8. The van der Waals surface area contributed by atoms with Crippen molar-refractivity contribution in [3.63, 3.8) is 0 Å². The Morgan fingerprint density at radius 1 is 0.769 bits per heavy atom. The highest BCUT2D eigenvalue weighted by atomic mass is 16.5. The Hall–Kier alpha value is -0.200. The molecule has 0 fully saturated rings. The monoisotopic (exact) mass is 191 g/mol. The Morgan fingerprint density at radius 3 is 1.62 bits per heavy atom. The van der Waals surface area contributed by atoms with Crippen LogP contribution in [0.5, 0.6) is 0 Å². The Balaban J connectivity index is 2.76. The van der Waals surface area contributed by atoms with Gasteiger partial charge in [-0.1, -0.05) is 0 Å². The molecule has 0 aromatic heterocycles. The molecule has 0 rings (SSSR count). The van der Waals surface area contributed by atoms with Crippen LogP contribution in [0.15, 0.2) is 0 Å². The summed E-state index contributed by atoms with van der Waals surface area (Å²) in [5.74, 6) is 0. The van der Waals surface area contributed by atoms with Crippen molar-refractivity contribution < 1.29 is 9.47 Å². The maximum absolute atomic E-state index is 5.25. The molecule has 5 heteroatoms. The molecule has 5 nitrogen and oxygen atoms in total. The molecule has 0 saturated heterocycles. The quantitative estimate of drug-likeness (QED) is 0.367. The van der Waals surface area contributed by atoms with Crippen molar-refractivity contribution in [3.05, 3.63) is 0 Å². The van der Waals surface area contributed by atoms with Gasteiger partial charge in [0.1, 0.15) is 0 Å². The lowest BCUT2D eigenvalue weighted by Gasteiger charge is -2.05. The predicted octanol–water partition coefficient (Wildman–Crippen LogP) is -1.47. The van der Waals surface area contributed by atoms with Crippen molar-refractivity contribution in [3.8, 4) is 0 Å². The highest BCUT2D eigenvalue weighted by molar-refractivity contribution is 4.45. The van der Waals surface area contributed by atoms with Crippen LogP contribution in [0.3, 0.4) is 0 Å². The van der Waals surface area contributed by atoms with Gasteiger partial charge in [0.15, 0.2) is 0 Å². The van der Waals surface area contributed by atoms with Gasteiger partial charge in [0, 0.05) is 26.2 Å². The number of rotatable bonds is 10. The van der Waals surface area contributed by atoms with Gasteiger partial charge in [-0.15, -0.1) is 0 Å². The third-order valence-corrected chi connectivity index (χ3v) is 1.37. The largest absolute Gasteiger partial charge is 0.379 e. The van der Waals surface area contributed by atoms with E-state index in [4.69, 9.17) is 20.9 Å². The van der Waals surface area contributed by atoms with Gasteiger partial charge in [-0.2, -0.15) is 0 Å². The zero-order chi connectivity index (χ0) is 9.78. The van der Waals surface area contributed by atoms with E-state index in [-0.39, 0.29) is 0 Å². The first-order chi connectivity index (χ1) is 6.41. The summed E-state index contributed by atoms with van der Waals surface area (Å²) in [5.41, 5.74) is 10.5. The van der Waals surface area contributed by atoms with Gasteiger partial charge in [0.05, 0.1) is 26.4 Å². The third-order valence-electron chi connectivity index (χ3n) is 1.37. The number of ether oxygens (including phenoxy) is 2. The van der Waals surface area contributed by atoms with Gasteiger partial charge < -0.3 is 26.3 Å². The molecule has 0 amide bonds. The molecule has 0 aliphatic carbocycles. The molecule has 0 atom stereocenters. The molecule has 0 radical (unpaired) electrons. The molecule has 0 saturated carbocycles. The van der Waals surface area contributed by atoms with Crippen LogP contribution in [0, 0.1) is 0 Å². The Kier molecular flexibility index (Phi) is 11.6. The van der Waals surface area contributed by atoms with Crippen LogP contribution in [0.25, 0.3) is 0 Å². The average molecular weight is 191 g/mol. The number of nitrogens with two attached hydrogens (primary N) is 2. The van der Waals surface area contributed by atoms with E-state index in [9.17, 15) is 0 Å². The smallest absolute Gasteiger partial charge is 0.0591 e. The first kappa shape index (κ1) is 12.8. The molecule has 0 heterocycles. The second-order valence-corrected chi connectivity index (χ2v) is 2.55. The van der Waals surface area contributed by atoms with E-state index in [0.717, 1.165) is 13.1 Å². The minimum absolute atomic E-state index is 0.583. The molecular formula is C8H21N3O2. The summed E-state index contributed by atoms with van der Waals surface area (Å²) >= 11 is 0. The Bertz CT molecular complexity index is 83.5. The average Bonchev–Trinajstić information content (AvgIpc) is 2.16. The minimum Gasteiger partial charge on any atom is -0.379 e. The summed E-state index contributed by atoms with van der Waals surface area (Å²) in [5, 5.41) is 3.17. The van der Waals surface area contributed by atoms with Crippen LogP contribution in [-0.4, -0.2) is 52.6 Å². The van der Waals surface area contributed by atoms with Crippen molar-refractivity contribution in [2.45, 2.75) is 0 Å². The number of nitrogens with one attached hydrogen (secondary N) is 1. The van der Waals surface area contributed by atoms with Gasteiger partial charge in [-0.25, -0.2) is 0 Å². The minimum atomic E-state index is 0.583. The molecule has 80 valence electrons. The summed E-state index contributed by atoms with van der Waals surface area (Å²) < 4.78 is 10.3. The van der Waals surface area contributed by atoms with Crippen molar-refractivity contribution >= 4 is 0 Å². The molecule has 0 spiro atoms. The fourth-order valence-corrected chi connectivity index (χ4v) is 0.784. The van der Waals surface area contributed by atoms with E-state index in [2.05, 4.69) is 5.32 Å². The van der Waals surface area contributed by atoms with Gasteiger partial charge in [0.2, 0.25) is 0 Å². The first-order valence-electron chi connectivity index (χ1n) is 4.68. The Morgan fingerprint density at radius 2 is 1.23 bits per heavy atom. The van der Waals surface area contributed by atoms with E-state index in [1.807, 2.05) is 0 Å². The molecule has 0 bridgehead atoms. The normalized spacial score (nSPS) is 10.6. The first-order valence-corrected chi connectivity index (χ1v) is 4.68. The summed E-state index contributed by atoms with van der Waals surface area (Å²) in [7, 11) is 0. The summed E-state index contributed by atoms with van der Waals surface area (Å²) in [4.78, 5) is 0. The molecule has 0 aromatic rings. The second-order valence-electron chi connectivity index (χ2n) is 2.55. The van der Waals surface area contributed by atoms with Crippen molar-refractivity contribution in [2.75, 3.05) is 52.6 Å². The summed E-state index contributed by atoms with van der Waals surface area (Å²) in [6, 6.07) is 0. The fraction of sp³-hybridized carbons (Fsp3) is 1.00. The standard InChI is InChI=1S/C8H21N3O2/c9-1-5-12-7-3-11-4-8-13-6-2-10/h11H,1-10H2.